The average Bonchev–Trinajstić information content (AvgIpc) is 2.74. The van der Waals surface area contributed by atoms with Crippen LogP contribution in [0.25, 0.3) is 0 Å². The van der Waals surface area contributed by atoms with Crippen molar-refractivity contribution in [3.8, 4) is 5.75 Å². The summed E-state index contributed by atoms with van der Waals surface area (Å²) in [6.07, 6.45) is 0.867. The van der Waals surface area contributed by atoms with Crippen LogP contribution in [0.4, 0.5) is 17.1 Å². The summed E-state index contributed by atoms with van der Waals surface area (Å²) in [5, 5.41) is 16.5. The van der Waals surface area contributed by atoms with Crippen molar-refractivity contribution in [3.05, 3.63) is 58.1 Å². The van der Waals surface area contributed by atoms with E-state index >= 15 is 0 Å². The molecule has 0 saturated carbocycles. The van der Waals surface area contributed by atoms with E-state index in [0.717, 1.165) is 18.4 Å². The molecule has 2 aromatic rings. The molecule has 0 aliphatic carbocycles. The van der Waals surface area contributed by atoms with E-state index in [2.05, 4.69) is 10.6 Å². The molecule has 0 radical (unpaired) electrons. The Morgan fingerprint density at radius 2 is 1.85 bits per heavy atom. The third-order valence-electron chi connectivity index (χ3n) is 4.45. The van der Waals surface area contributed by atoms with E-state index in [1.54, 1.807) is 12.1 Å². The van der Waals surface area contributed by atoms with Crippen LogP contribution in [0.1, 0.15) is 24.2 Å². The Kier molecular flexibility index (Phi) is 8.35. The van der Waals surface area contributed by atoms with Crippen LogP contribution in [-0.2, 0) is 14.8 Å². The molecule has 33 heavy (non-hydrogen) atoms. The van der Waals surface area contributed by atoms with Crippen molar-refractivity contribution in [3.63, 3.8) is 0 Å². The van der Waals surface area contributed by atoms with E-state index in [-0.39, 0.29) is 40.2 Å². The number of nitro benzene ring substituents is 1. The lowest BCUT2D eigenvalue weighted by Gasteiger charge is -2.23. The molecule has 12 heteroatoms. The number of anilines is 2. The van der Waals surface area contributed by atoms with Gasteiger partial charge >= 0.3 is 0 Å². The first-order valence-corrected chi connectivity index (χ1v) is 11.8. The number of nitro groups is 1. The summed E-state index contributed by atoms with van der Waals surface area (Å²) in [7, 11) is -2.76. The van der Waals surface area contributed by atoms with Gasteiger partial charge in [0, 0.05) is 18.7 Å². The van der Waals surface area contributed by atoms with Crippen LogP contribution in [0.5, 0.6) is 5.75 Å². The van der Waals surface area contributed by atoms with Gasteiger partial charge < -0.3 is 15.4 Å². The summed E-state index contributed by atoms with van der Waals surface area (Å²) >= 11 is 0. The van der Waals surface area contributed by atoms with E-state index in [4.69, 9.17) is 4.74 Å². The summed E-state index contributed by atoms with van der Waals surface area (Å²) < 4.78 is 30.7. The number of rotatable bonds is 10. The summed E-state index contributed by atoms with van der Waals surface area (Å²) in [5.74, 6) is -0.880. The van der Waals surface area contributed by atoms with Crippen molar-refractivity contribution >= 4 is 38.9 Å². The Morgan fingerprint density at radius 3 is 2.42 bits per heavy atom. The van der Waals surface area contributed by atoms with Crippen molar-refractivity contribution in [2.24, 2.45) is 5.92 Å². The van der Waals surface area contributed by atoms with Gasteiger partial charge in [-0.15, -0.1) is 0 Å². The smallest absolute Gasteiger partial charge is 0.271 e. The highest BCUT2D eigenvalue weighted by molar-refractivity contribution is 7.92. The van der Waals surface area contributed by atoms with Gasteiger partial charge in [0.1, 0.15) is 18.0 Å². The molecule has 2 N–H and O–H groups in total. The minimum absolute atomic E-state index is 0.0345. The Hall–Kier alpha value is -3.67. The van der Waals surface area contributed by atoms with Crippen LogP contribution in [0.3, 0.4) is 0 Å². The highest BCUT2D eigenvalue weighted by atomic mass is 32.2. The van der Waals surface area contributed by atoms with Crippen LogP contribution in [0.2, 0.25) is 0 Å². The van der Waals surface area contributed by atoms with E-state index in [1.165, 1.54) is 25.3 Å². The first-order valence-electron chi connectivity index (χ1n) is 9.91. The highest BCUT2D eigenvalue weighted by Crippen LogP contribution is 2.33. The van der Waals surface area contributed by atoms with Crippen molar-refractivity contribution in [1.82, 2.24) is 5.32 Å². The fraction of sp³-hybridized carbons (Fsp3) is 0.333. The first-order chi connectivity index (χ1) is 15.4. The number of non-ortho nitro benzene ring substituents is 1. The Labute approximate surface area is 191 Å². The summed E-state index contributed by atoms with van der Waals surface area (Å²) in [4.78, 5) is 35.7. The molecule has 0 atom stereocenters. The number of nitrogens with one attached hydrogen (secondary N) is 2. The van der Waals surface area contributed by atoms with Crippen LogP contribution < -0.4 is 19.7 Å². The number of methoxy groups -OCH3 is 1. The molecule has 0 bridgehead atoms. The molecule has 0 aliphatic heterocycles. The molecule has 2 rings (SSSR count). The molecule has 2 amide bonds. The van der Waals surface area contributed by atoms with E-state index in [1.807, 2.05) is 13.8 Å². The molecule has 11 nitrogen and oxygen atoms in total. The predicted octanol–water partition coefficient (Wildman–Crippen LogP) is 2.39. The monoisotopic (exact) mass is 478 g/mol. The second-order valence-electron chi connectivity index (χ2n) is 7.58. The first kappa shape index (κ1) is 25.6. The van der Waals surface area contributed by atoms with Crippen molar-refractivity contribution < 1.29 is 27.7 Å². The van der Waals surface area contributed by atoms with Gasteiger partial charge in [0.2, 0.25) is 15.9 Å². The van der Waals surface area contributed by atoms with Gasteiger partial charge in [-0.25, -0.2) is 8.42 Å². The lowest BCUT2D eigenvalue weighted by molar-refractivity contribution is -0.384. The number of nitrogens with zero attached hydrogens (tertiary/aromatic N) is 2. The Bertz CT molecular complexity index is 1150. The van der Waals surface area contributed by atoms with Gasteiger partial charge in [0.25, 0.3) is 11.6 Å². The van der Waals surface area contributed by atoms with Crippen LogP contribution >= 0.6 is 0 Å². The van der Waals surface area contributed by atoms with E-state index in [0.29, 0.717) is 10.8 Å². The summed E-state index contributed by atoms with van der Waals surface area (Å²) in [5.41, 5.74) is -0.118. The van der Waals surface area contributed by atoms with E-state index < -0.39 is 27.4 Å². The molecule has 0 spiro atoms. The molecular weight excluding hydrogens is 452 g/mol. The van der Waals surface area contributed by atoms with Crippen molar-refractivity contribution in [1.29, 1.82) is 0 Å². The molecule has 0 aliphatic rings. The van der Waals surface area contributed by atoms with Crippen LogP contribution in [-0.4, -0.2) is 51.6 Å². The maximum Gasteiger partial charge on any atom is 0.271 e. The Morgan fingerprint density at radius 1 is 1.18 bits per heavy atom. The van der Waals surface area contributed by atoms with Crippen molar-refractivity contribution in [2.75, 3.05) is 36.1 Å². The van der Waals surface area contributed by atoms with Gasteiger partial charge in [-0.05, 0) is 24.1 Å². The second kappa shape index (κ2) is 10.8. The maximum absolute atomic E-state index is 12.8. The second-order valence-corrected chi connectivity index (χ2v) is 9.49. The molecule has 0 saturated heterocycles. The Balaban J connectivity index is 2.34. The lowest BCUT2D eigenvalue weighted by atomic mass is 10.1. The van der Waals surface area contributed by atoms with Gasteiger partial charge in [0.15, 0.2) is 0 Å². The zero-order valence-electron chi connectivity index (χ0n) is 18.7. The van der Waals surface area contributed by atoms with Gasteiger partial charge in [0.05, 0.1) is 29.5 Å². The molecule has 0 aromatic heterocycles. The fourth-order valence-corrected chi connectivity index (χ4v) is 3.72. The topological polar surface area (TPSA) is 148 Å². The minimum Gasteiger partial charge on any atom is -0.495 e. The van der Waals surface area contributed by atoms with Crippen LogP contribution in [0, 0.1) is 16.0 Å². The number of benzene rings is 2. The maximum atomic E-state index is 12.8. The quantitative estimate of drug-likeness (QED) is 0.393. The molecule has 0 unspecified atom stereocenters. The third-order valence-corrected chi connectivity index (χ3v) is 5.57. The molecular formula is C21H26N4O7S. The minimum atomic E-state index is -4.03. The number of carbonyl (C=O) groups excluding carboxylic acids is 2. The van der Waals surface area contributed by atoms with Gasteiger partial charge in [-0.1, -0.05) is 26.0 Å². The standard InChI is InChI=1S/C21H26N4O7S/c1-14(2)12-22-21(27)16-7-5-6-8-17(16)23-20(26)13-24(33(4,30)31)18-11-15(25(28)29)9-10-19(18)32-3/h5-11,14H,12-13H2,1-4H3,(H,22,27)(H,23,26). The number of amides is 2. The summed E-state index contributed by atoms with van der Waals surface area (Å²) in [6, 6.07) is 9.72. The zero-order valence-corrected chi connectivity index (χ0v) is 19.5. The molecule has 178 valence electrons. The number of ether oxygens (including phenoxy) is 1. The SMILES string of the molecule is COc1ccc([N+](=O)[O-])cc1N(CC(=O)Nc1ccccc1C(=O)NCC(C)C)S(C)(=O)=O. The van der Waals surface area contributed by atoms with Gasteiger partial charge in [-0.2, -0.15) is 0 Å². The van der Waals surface area contributed by atoms with Crippen LogP contribution in [0.15, 0.2) is 42.5 Å². The fourth-order valence-electron chi connectivity index (χ4n) is 2.87. The number of hydrogen-bond acceptors (Lipinski definition) is 7. The van der Waals surface area contributed by atoms with Crippen molar-refractivity contribution in [2.45, 2.75) is 13.8 Å². The zero-order chi connectivity index (χ0) is 24.8. The van der Waals surface area contributed by atoms with E-state index in [9.17, 15) is 28.1 Å². The lowest BCUT2D eigenvalue weighted by Crippen LogP contribution is -2.38. The van der Waals surface area contributed by atoms with Gasteiger partial charge in [-0.3, -0.25) is 24.0 Å². The number of carbonyl (C=O) groups is 2. The number of sulfonamides is 1. The molecule has 2 aromatic carbocycles. The predicted molar refractivity (Wildman–Crippen MR) is 124 cm³/mol. The molecule has 0 heterocycles. The molecule has 0 fully saturated rings. The average molecular weight is 479 g/mol. The largest absolute Gasteiger partial charge is 0.495 e. The highest BCUT2D eigenvalue weighted by Gasteiger charge is 2.26. The number of para-hydroxylation sites is 1. The number of hydrogen-bond donors (Lipinski definition) is 2. The normalized spacial score (nSPS) is 11.1. The third kappa shape index (κ3) is 6.91. The summed E-state index contributed by atoms with van der Waals surface area (Å²) in [6.45, 7) is 3.62.